The van der Waals surface area contributed by atoms with E-state index in [2.05, 4.69) is 15.6 Å². The van der Waals surface area contributed by atoms with Gasteiger partial charge in [0.15, 0.2) is 0 Å². The topological polar surface area (TPSA) is 98.2 Å². The minimum absolute atomic E-state index is 1.25. The predicted octanol–water partition coefficient (Wildman–Crippen LogP) is -1.09. The zero-order valence-electron chi connectivity index (χ0n) is 6.41. The summed E-state index contributed by atoms with van der Waals surface area (Å²) in [5, 5.41) is 11.5. The Labute approximate surface area is 67.3 Å². The Morgan fingerprint density at radius 3 is 1.45 bits per heavy atom. The molecular weight excluding hydrogens is 166 g/mol. The second-order valence-corrected chi connectivity index (χ2v) is 3.58. The molecule has 0 amide bonds. The number of hydrogen-bond donors (Lipinski definition) is 3. The van der Waals surface area contributed by atoms with Crippen molar-refractivity contribution in [3.8, 4) is 0 Å². The van der Waals surface area contributed by atoms with Crippen molar-refractivity contribution in [1.82, 2.24) is 5.32 Å². The summed E-state index contributed by atoms with van der Waals surface area (Å²) in [6, 6.07) is 0. The van der Waals surface area contributed by atoms with Crippen molar-refractivity contribution in [3.05, 3.63) is 0 Å². The van der Waals surface area contributed by atoms with Gasteiger partial charge < -0.3 is 5.32 Å². The lowest BCUT2D eigenvalue weighted by molar-refractivity contribution is 0.520. The molecule has 1 aliphatic rings. The molecular formula is C5H15N3O2S. The van der Waals surface area contributed by atoms with Gasteiger partial charge in [0.05, 0.1) is 0 Å². The van der Waals surface area contributed by atoms with Gasteiger partial charge in [-0.3, -0.25) is 0 Å². The van der Waals surface area contributed by atoms with E-state index in [0.717, 1.165) is 0 Å². The molecule has 5 N–H and O–H groups in total. The van der Waals surface area contributed by atoms with Crippen LogP contribution in [0.2, 0.25) is 0 Å². The molecule has 0 spiro atoms. The second-order valence-electron chi connectivity index (χ2n) is 2.40. The Morgan fingerprint density at radius 1 is 1.00 bits per heavy atom. The molecule has 5 nitrogen and oxygen atoms in total. The Hall–Kier alpha value is -0.170. The van der Waals surface area contributed by atoms with Crippen molar-refractivity contribution in [2.75, 3.05) is 13.1 Å². The molecule has 1 rings (SSSR count). The Kier molecular flexibility index (Phi) is 5.39. The second kappa shape index (κ2) is 5.48. The maximum atomic E-state index is 9.19. The number of piperidine rings is 1. The van der Waals surface area contributed by atoms with Crippen LogP contribution in [0.4, 0.5) is 0 Å². The van der Waals surface area contributed by atoms with E-state index >= 15 is 0 Å². The molecule has 1 fully saturated rings. The van der Waals surface area contributed by atoms with E-state index in [0.29, 0.717) is 0 Å². The van der Waals surface area contributed by atoms with Crippen LogP contribution in [0, 0.1) is 0 Å². The van der Waals surface area contributed by atoms with Crippen molar-refractivity contribution in [1.29, 1.82) is 0 Å². The van der Waals surface area contributed by atoms with Gasteiger partial charge in [0.2, 0.25) is 0 Å². The van der Waals surface area contributed by atoms with Crippen LogP contribution in [0.3, 0.4) is 0 Å². The minimum atomic E-state index is -3.67. The summed E-state index contributed by atoms with van der Waals surface area (Å²) in [7, 11) is -3.67. The van der Waals surface area contributed by atoms with E-state index in [4.69, 9.17) is 0 Å². The van der Waals surface area contributed by atoms with Crippen molar-refractivity contribution in [2.24, 2.45) is 10.3 Å². The third kappa shape index (κ3) is 17.7. The van der Waals surface area contributed by atoms with Crippen molar-refractivity contribution < 1.29 is 8.42 Å². The molecule has 0 radical (unpaired) electrons. The summed E-state index contributed by atoms with van der Waals surface area (Å²) >= 11 is 0. The summed E-state index contributed by atoms with van der Waals surface area (Å²) in [6.45, 7) is 2.50. The highest BCUT2D eigenvalue weighted by atomic mass is 32.2. The summed E-state index contributed by atoms with van der Waals surface area (Å²) in [6.07, 6.45) is 4.22. The van der Waals surface area contributed by atoms with E-state index in [-0.39, 0.29) is 0 Å². The summed E-state index contributed by atoms with van der Waals surface area (Å²) in [4.78, 5) is 0. The molecule has 1 aliphatic heterocycles. The first-order valence-electron chi connectivity index (χ1n) is 3.51. The molecule has 6 heteroatoms. The van der Waals surface area contributed by atoms with Gasteiger partial charge in [-0.25, -0.2) is 10.3 Å². The van der Waals surface area contributed by atoms with Crippen molar-refractivity contribution in [3.63, 3.8) is 0 Å². The highest BCUT2D eigenvalue weighted by Gasteiger charge is 1.93. The van der Waals surface area contributed by atoms with Gasteiger partial charge >= 0.3 is 0 Å². The Morgan fingerprint density at radius 2 is 1.36 bits per heavy atom. The van der Waals surface area contributed by atoms with Gasteiger partial charge in [0.25, 0.3) is 10.2 Å². The average molecular weight is 181 g/mol. The molecule has 1 saturated heterocycles. The Bertz CT molecular complexity index is 155. The summed E-state index contributed by atoms with van der Waals surface area (Å²) < 4.78 is 18.4. The fraction of sp³-hybridized carbons (Fsp3) is 1.00. The molecule has 0 bridgehead atoms. The van der Waals surface area contributed by atoms with Gasteiger partial charge in [0.1, 0.15) is 0 Å². The summed E-state index contributed by atoms with van der Waals surface area (Å²) in [5.74, 6) is 0. The van der Waals surface area contributed by atoms with Crippen LogP contribution in [-0.2, 0) is 10.2 Å². The van der Waals surface area contributed by atoms with Crippen LogP contribution in [0.5, 0.6) is 0 Å². The largest absolute Gasteiger partial charge is 0.317 e. The molecule has 0 aromatic rings. The smallest absolute Gasteiger partial charge is 0.271 e. The molecule has 68 valence electrons. The molecule has 0 aromatic carbocycles. The molecule has 0 aliphatic carbocycles. The first kappa shape index (κ1) is 10.8. The van der Waals surface area contributed by atoms with E-state index < -0.39 is 10.2 Å². The first-order chi connectivity index (χ1) is 5.00. The molecule has 11 heavy (non-hydrogen) atoms. The van der Waals surface area contributed by atoms with Crippen molar-refractivity contribution >= 4 is 10.2 Å². The molecule has 0 aromatic heterocycles. The van der Waals surface area contributed by atoms with E-state index in [1.54, 1.807) is 0 Å². The monoisotopic (exact) mass is 181 g/mol. The lowest BCUT2D eigenvalue weighted by Crippen LogP contribution is -2.21. The molecule has 1 heterocycles. The number of hydrogen-bond acceptors (Lipinski definition) is 3. The van der Waals surface area contributed by atoms with Gasteiger partial charge in [-0.05, 0) is 25.9 Å². The number of nitrogens with one attached hydrogen (secondary N) is 1. The number of rotatable bonds is 0. The van der Waals surface area contributed by atoms with Crippen LogP contribution in [0.1, 0.15) is 19.3 Å². The Balaban J connectivity index is 0.000000187. The van der Waals surface area contributed by atoms with Crippen LogP contribution >= 0.6 is 0 Å². The van der Waals surface area contributed by atoms with E-state index in [9.17, 15) is 8.42 Å². The quantitative estimate of drug-likeness (QED) is 0.443. The van der Waals surface area contributed by atoms with Gasteiger partial charge in [-0.15, -0.1) is 0 Å². The van der Waals surface area contributed by atoms with Gasteiger partial charge in [-0.1, -0.05) is 6.42 Å². The van der Waals surface area contributed by atoms with Gasteiger partial charge in [0, 0.05) is 0 Å². The molecule has 0 saturated carbocycles. The fourth-order valence-corrected chi connectivity index (χ4v) is 0.802. The SMILES string of the molecule is C1CCNCC1.NS(N)(=O)=O. The maximum Gasteiger partial charge on any atom is 0.271 e. The summed E-state index contributed by atoms with van der Waals surface area (Å²) in [5.41, 5.74) is 0. The highest BCUT2D eigenvalue weighted by molar-refractivity contribution is 7.86. The fourth-order valence-electron chi connectivity index (χ4n) is 0.802. The van der Waals surface area contributed by atoms with Crippen molar-refractivity contribution in [2.45, 2.75) is 19.3 Å². The lowest BCUT2D eigenvalue weighted by atomic mass is 10.2. The van der Waals surface area contributed by atoms with Crippen LogP contribution in [0.25, 0.3) is 0 Å². The molecule has 0 unspecified atom stereocenters. The van der Waals surface area contributed by atoms with Crippen LogP contribution in [-0.4, -0.2) is 21.5 Å². The first-order valence-corrected chi connectivity index (χ1v) is 5.12. The van der Waals surface area contributed by atoms with E-state index in [1.807, 2.05) is 0 Å². The third-order valence-corrected chi connectivity index (χ3v) is 1.21. The van der Waals surface area contributed by atoms with Crippen LogP contribution in [0.15, 0.2) is 0 Å². The average Bonchev–Trinajstić information content (AvgIpc) is 1.88. The van der Waals surface area contributed by atoms with Gasteiger partial charge in [-0.2, -0.15) is 8.42 Å². The van der Waals surface area contributed by atoms with E-state index in [1.165, 1.54) is 32.4 Å². The zero-order valence-corrected chi connectivity index (χ0v) is 7.23. The highest BCUT2D eigenvalue weighted by Crippen LogP contribution is 1.96. The standard InChI is InChI=1S/C5H11N.H4N2O2S/c1-2-4-6-5-3-1;1-5(2,3)4/h6H,1-5H2;(H4,1,2,3,4). The lowest BCUT2D eigenvalue weighted by Gasteiger charge is -2.08. The third-order valence-electron chi connectivity index (χ3n) is 1.21. The maximum absolute atomic E-state index is 9.19. The minimum Gasteiger partial charge on any atom is -0.317 e. The zero-order chi connectivity index (χ0) is 8.74. The normalized spacial score (nSPS) is 18.4. The predicted molar refractivity (Wildman–Crippen MR) is 44.0 cm³/mol. The van der Waals surface area contributed by atoms with Crippen LogP contribution < -0.4 is 15.6 Å². The number of nitrogens with two attached hydrogens (primary N) is 2. The molecule has 0 atom stereocenters.